The van der Waals surface area contributed by atoms with Crippen LogP contribution in [0.2, 0.25) is 0 Å². The van der Waals surface area contributed by atoms with Gasteiger partial charge >= 0.3 is 0 Å². The van der Waals surface area contributed by atoms with Gasteiger partial charge < -0.3 is 9.47 Å². The first-order chi connectivity index (χ1) is 13.7. The Morgan fingerprint density at radius 2 is 1.86 bits per heavy atom. The zero-order valence-electron chi connectivity index (χ0n) is 15.2. The maximum absolute atomic E-state index is 12.0. The molecule has 0 radical (unpaired) electrons. The number of nitrogens with one attached hydrogen (secondary N) is 1. The average molecular weight is 414 g/mol. The maximum atomic E-state index is 12.0. The van der Waals surface area contributed by atoms with E-state index in [4.69, 9.17) is 9.47 Å². The summed E-state index contributed by atoms with van der Waals surface area (Å²) in [5, 5.41) is 11.2. The molecule has 0 aliphatic rings. The van der Waals surface area contributed by atoms with Crippen LogP contribution >= 0.6 is 23.1 Å². The van der Waals surface area contributed by atoms with E-state index < -0.39 is 0 Å². The normalized spacial score (nSPS) is 10.8. The highest BCUT2D eigenvalue weighted by Crippen LogP contribution is 2.25. The number of amides is 1. The number of rotatable bonds is 9. The van der Waals surface area contributed by atoms with E-state index in [2.05, 4.69) is 27.7 Å². The molecule has 0 aliphatic carbocycles. The first-order valence-corrected chi connectivity index (χ1v) is 10.3. The van der Waals surface area contributed by atoms with Gasteiger partial charge in [-0.2, -0.15) is 0 Å². The second-order valence-corrected chi connectivity index (χ2v) is 7.75. The number of thioether (sulfide) groups is 1. The Morgan fingerprint density at radius 1 is 1.11 bits per heavy atom. The number of methoxy groups -OCH3 is 1. The van der Waals surface area contributed by atoms with Gasteiger partial charge in [0, 0.05) is 5.75 Å². The van der Waals surface area contributed by atoms with Crippen LogP contribution in [0.25, 0.3) is 6.08 Å². The minimum atomic E-state index is -0.285. The van der Waals surface area contributed by atoms with Crippen LogP contribution in [-0.4, -0.2) is 35.6 Å². The molecular weight excluding hydrogens is 394 g/mol. The first kappa shape index (κ1) is 19.9. The number of nitrogens with zero attached hydrogens (tertiary/aromatic N) is 2. The molecule has 1 amide bonds. The molecule has 28 heavy (non-hydrogen) atoms. The van der Waals surface area contributed by atoms with Crippen molar-refractivity contribution in [3.63, 3.8) is 0 Å². The summed E-state index contributed by atoms with van der Waals surface area (Å²) in [6.07, 6.45) is 4.13. The van der Waals surface area contributed by atoms with Crippen molar-refractivity contribution in [1.29, 1.82) is 0 Å². The van der Waals surface area contributed by atoms with E-state index in [1.54, 1.807) is 43.1 Å². The fraction of sp³-hybridized carbons (Fsp3) is 0.150. The maximum Gasteiger partial charge on any atom is 0.264 e. The average Bonchev–Trinajstić information content (AvgIpc) is 3.18. The molecule has 0 saturated heterocycles. The van der Waals surface area contributed by atoms with Gasteiger partial charge in [0.1, 0.15) is 11.5 Å². The Balaban J connectivity index is 1.40. The van der Waals surface area contributed by atoms with Gasteiger partial charge in [-0.3, -0.25) is 10.1 Å². The van der Waals surface area contributed by atoms with Gasteiger partial charge in [0.15, 0.2) is 10.9 Å². The molecule has 0 fully saturated rings. The Labute approximate surface area is 171 Å². The zero-order valence-corrected chi connectivity index (χ0v) is 16.8. The highest BCUT2D eigenvalue weighted by Gasteiger charge is 2.09. The molecule has 0 atom stereocenters. The van der Waals surface area contributed by atoms with Crippen LogP contribution in [0, 0.1) is 0 Å². The Hall–Kier alpha value is -2.84. The van der Waals surface area contributed by atoms with Crippen molar-refractivity contribution in [3.8, 4) is 11.5 Å². The largest absolute Gasteiger partial charge is 0.497 e. The SMILES string of the molecule is COc1ccc(OCC(=O)Nc2nnc(SC/C=C/c3ccccc3)s2)cc1. The summed E-state index contributed by atoms with van der Waals surface area (Å²) in [7, 11) is 1.59. The molecule has 1 heterocycles. The van der Waals surface area contributed by atoms with Gasteiger partial charge in [-0.15, -0.1) is 10.2 Å². The van der Waals surface area contributed by atoms with Crippen molar-refractivity contribution in [2.24, 2.45) is 0 Å². The van der Waals surface area contributed by atoms with E-state index in [0.29, 0.717) is 10.9 Å². The molecule has 3 aromatic rings. The first-order valence-electron chi connectivity index (χ1n) is 8.47. The number of carbonyl (C=O) groups excluding carboxylic acids is 1. The van der Waals surface area contributed by atoms with Crippen LogP contribution in [0.1, 0.15) is 5.56 Å². The lowest BCUT2D eigenvalue weighted by Gasteiger charge is -2.06. The lowest BCUT2D eigenvalue weighted by molar-refractivity contribution is -0.118. The molecule has 6 nitrogen and oxygen atoms in total. The molecule has 0 aliphatic heterocycles. The molecule has 3 rings (SSSR count). The Kier molecular flexibility index (Phi) is 7.45. The Bertz CT molecular complexity index is 912. The van der Waals surface area contributed by atoms with Crippen molar-refractivity contribution in [2.45, 2.75) is 4.34 Å². The lowest BCUT2D eigenvalue weighted by Crippen LogP contribution is -2.20. The van der Waals surface area contributed by atoms with Gasteiger partial charge in [0.05, 0.1) is 7.11 Å². The van der Waals surface area contributed by atoms with Gasteiger partial charge in [-0.05, 0) is 29.8 Å². The number of anilines is 1. The van der Waals surface area contributed by atoms with Gasteiger partial charge in [0.2, 0.25) is 5.13 Å². The number of ether oxygens (including phenoxy) is 2. The highest BCUT2D eigenvalue weighted by molar-refractivity contribution is 8.01. The van der Waals surface area contributed by atoms with Crippen molar-refractivity contribution in [3.05, 3.63) is 66.2 Å². The lowest BCUT2D eigenvalue weighted by atomic mass is 10.2. The molecule has 1 aromatic heterocycles. The van der Waals surface area contributed by atoms with Crippen molar-refractivity contribution in [2.75, 3.05) is 24.8 Å². The molecule has 2 aromatic carbocycles. The topological polar surface area (TPSA) is 73.3 Å². The molecule has 0 bridgehead atoms. The summed E-state index contributed by atoms with van der Waals surface area (Å²) in [6.45, 7) is -0.103. The van der Waals surface area contributed by atoms with E-state index in [0.717, 1.165) is 21.4 Å². The second-order valence-electron chi connectivity index (χ2n) is 5.51. The summed E-state index contributed by atoms with van der Waals surface area (Å²) in [4.78, 5) is 12.0. The van der Waals surface area contributed by atoms with E-state index in [-0.39, 0.29) is 12.5 Å². The summed E-state index contributed by atoms with van der Waals surface area (Å²) in [6, 6.07) is 17.1. The van der Waals surface area contributed by atoms with Gasteiger partial charge in [-0.25, -0.2) is 0 Å². The smallest absolute Gasteiger partial charge is 0.264 e. The van der Waals surface area contributed by atoms with Crippen LogP contribution in [0.15, 0.2) is 65.0 Å². The van der Waals surface area contributed by atoms with Crippen LogP contribution in [-0.2, 0) is 4.79 Å². The minimum absolute atomic E-state index is 0.103. The fourth-order valence-electron chi connectivity index (χ4n) is 2.16. The third-order valence-electron chi connectivity index (χ3n) is 3.50. The van der Waals surface area contributed by atoms with Gasteiger partial charge in [0.25, 0.3) is 5.91 Å². The van der Waals surface area contributed by atoms with Gasteiger partial charge in [-0.1, -0.05) is 65.6 Å². The molecule has 8 heteroatoms. The standard InChI is InChI=1S/C20H19N3O3S2/c1-25-16-9-11-17(12-10-16)26-14-18(24)21-19-22-23-20(28-19)27-13-5-8-15-6-3-2-4-7-15/h2-12H,13-14H2,1H3,(H,21,22,24)/b8-5+. The monoisotopic (exact) mass is 413 g/mol. The predicted molar refractivity (Wildman–Crippen MR) is 113 cm³/mol. The van der Waals surface area contributed by atoms with E-state index in [9.17, 15) is 4.79 Å². The summed E-state index contributed by atoms with van der Waals surface area (Å²) >= 11 is 2.90. The highest BCUT2D eigenvalue weighted by atomic mass is 32.2. The molecular formula is C20H19N3O3S2. The third-order valence-corrected chi connectivity index (χ3v) is 5.42. The van der Waals surface area contributed by atoms with E-state index in [1.165, 1.54) is 11.3 Å². The quantitative estimate of drug-likeness (QED) is 0.415. The number of benzene rings is 2. The molecule has 0 unspecified atom stereocenters. The van der Waals surface area contributed by atoms with Crippen molar-refractivity contribution in [1.82, 2.24) is 10.2 Å². The summed E-state index contributed by atoms with van der Waals surface area (Å²) in [5.74, 6) is 1.81. The summed E-state index contributed by atoms with van der Waals surface area (Å²) in [5.41, 5.74) is 1.16. The molecule has 0 spiro atoms. The number of hydrogen-bond acceptors (Lipinski definition) is 7. The van der Waals surface area contributed by atoms with E-state index >= 15 is 0 Å². The predicted octanol–water partition coefficient (Wildman–Crippen LogP) is 4.37. The number of carbonyl (C=O) groups is 1. The van der Waals surface area contributed by atoms with Crippen LogP contribution in [0.3, 0.4) is 0 Å². The molecule has 144 valence electrons. The van der Waals surface area contributed by atoms with Crippen molar-refractivity contribution >= 4 is 40.2 Å². The summed E-state index contributed by atoms with van der Waals surface area (Å²) < 4.78 is 11.3. The molecule has 1 N–H and O–H groups in total. The van der Waals surface area contributed by atoms with Crippen LogP contribution in [0.4, 0.5) is 5.13 Å². The minimum Gasteiger partial charge on any atom is -0.497 e. The Morgan fingerprint density at radius 3 is 2.61 bits per heavy atom. The second kappa shape index (κ2) is 10.5. The fourth-order valence-corrected chi connectivity index (χ4v) is 3.77. The van der Waals surface area contributed by atoms with Crippen molar-refractivity contribution < 1.29 is 14.3 Å². The van der Waals surface area contributed by atoms with Crippen LogP contribution < -0.4 is 14.8 Å². The third kappa shape index (κ3) is 6.40. The van der Waals surface area contributed by atoms with E-state index in [1.807, 2.05) is 30.3 Å². The molecule has 0 saturated carbocycles. The zero-order chi connectivity index (χ0) is 19.6. The van der Waals surface area contributed by atoms with Crippen LogP contribution in [0.5, 0.6) is 11.5 Å². The number of aromatic nitrogens is 2. The number of hydrogen-bond donors (Lipinski definition) is 1.